The largest absolute Gasteiger partial charge is 0.463 e. The van der Waals surface area contributed by atoms with Crippen molar-refractivity contribution in [2.45, 2.75) is 44.9 Å². The molecule has 2 aliphatic rings. The van der Waals surface area contributed by atoms with Crippen molar-refractivity contribution < 1.29 is 33.7 Å². The molecule has 5 atom stereocenters. The molecule has 1 aromatic rings. The van der Waals surface area contributed by atoms with Crippen LogP contribution in [0.5, 0.6) is 0 Å². The molecule has 1 aromatic heterocycles. The fraction of sp³-hybridized carbons (Fsp3) is 0.667. The summed E-state index contributed by atoms with van der Waals surface area (Å²) in [4.78, 5) is 27.6. The van der Waals surface area contributed by atoms with Gasteiger partial charge in [0.25, 0.3) is 6.48 Å². The Bertz CT molecular complexity index is 708. The zero-order valence-electron chi connectivity index (χ0n) is 14.5. The van der Waals surface area contributed by atoms with Crippen molar-refractivity contribution in [1.29, 1.82) is 0 Å². The standard InChI is InChI=1S/C15H21N3O8/c1-7(2)13(19)23-6-8-10-11(26-15(22-3)25-10)12(24-8)18-5-4-9(17-21)16-14(18)20/h4-5,7-8,10-12,15,21H,6H2,1-3H3,(H,16,17,20)/t8-,10-,11-,12-,15?/m1/s1. The molecule has 2 fully saturated rings. The summed E-state index contributed by atoms with van der Waals surface area (Å²) in [6.45, 7) is 2.48. The molecule has 3 heterocycles. The lowest BCUT2D eigenvalue weighted by Crippen LogP contribution is -2.34. The van der Waals surface area contributed by atoms with Crippen molar-refractivity contribution in [3.8, 4) is 0 Å². The molecular weight excluding hydrogens is 350 g/mol. The van der Waals surface area contributed by atoms with Crippen LogP contribution in [-0.2, 0) is 28.5 Å². The van der Waals surface area contributed by atoms with E-state index in [9.17, 15) is 9.59 Å². The van der Waals surface area contributed by atoms with Gasteiger partial charge in [-0.1, -0.05) is 13.8 Å². The van der Waals surface area contributed by atoms with E-state index in [2.05, 4.69) is 4.98 Å². The van der Waals surface area contributed by atoms with Crippen molar-refractivity contribution in [3.05, 3.63) is 22.7 Å². The highest BCUT2D eigenvalue weighted by atomic mass is 16.9. The lowest BCUT2D eigenvalue weighted by Gasteiger charge is -2.21. The number of carbonyl (C=O) groups excluding carboxylic acids is 1. The Morgan fingerprint density at radius 3 is 2.73 bits per heavy atom. The normalized spacial score (nSPS) is 30.4. The molecule has 26 heavy (non-hydrogen) atoms. The smallest absolute Gasteiger partial charge is 0.351 e. The van der Waals surface area contributed by atoms with Gasteiger partial charge in [-0.15, -0.1) is 0 Å². The molecule has 11 nitrogen and oxygen atoms in total. The second-order valence-corrected chi connectivity index (χ2v) is 6.19. The van der Waals surface area contributed by atoms with Crippen LogP contribution in [0.25, 0.3) is 0 Å². The van der Waals surface area contributed by atoms with Gasteiger partial charge in [-0.2, -0.15) is 4.98 Å². The van der Waals surface area contributed by atoms with Crippen LogP contribution < -0.4 is 11.2 Å². The maximum absolute atomic E-state index is 12.2. The van der Waals surface area contributed by atoms with E-state index in [1.54, 1.807) is 19.3 Å². The topological polar surface area (TPSA) is 130 Å². The van der Waals surface area contributed by atoms with Crippen LogP contribution in [0.1, 0.15) is 20.1 Å². The number of methoxy groups -OCH3 is 1. The maximum Gasteiger partial charge on any atom is 0.351 e. The average Bonchev–Trinajstić information content (AvgIpc) is 3.18. The third-order valence-corrected chi connectivity index (χ3v) is 4.09. The van der Waals surface area contributed by atoms with Gasteiger partial charge in [0, 0.05) is 13.3 Å². The molecule has 0 bridgehead atoms. The Kier molecular flexibility index (Phi) is 5.53. The fourth-order valence-corrected chi connectivity index (χ4v) is 2.77. The molecule has 3 rings (SSSR count). The highest BCUT2D eigenvalue weighted by molar-refractivity contribution is 5.71. The van der Waals surface area contributed by atoms with E-state index < -0.39 is 36.7 Å². The Morgan fingerprint density at radius 2 is 2.12 bits per heavy atom. The monoisotopic (exact) mass is 371 g/mol. The third kappa shape index (κ3) is 3.57. The first-order valence-electron chi connectivity index (χ1n) is 8.09. The number of hydrogen-bond donors (Lipinski definition) is 2. The second-order valence-electron chi connectivity index (χ2n) is 6.19. The highest BCUT2D eigenvalue weighted by Gasteiger charge is 2.54. The first-order valence-corrected chi connectivity index (χ1v) is 8.09. The van der Waals surface area contributed by atoms with E-state index >= 15 is 0 Å². The average molecular weight is 371 g/mol. The molecule has 2 N–H and O–H groups in total. The zero-order chi connectivity index (χ0) is 18.8. The molecule has 0 spiro atoms. The second kappa shape index (κ2) is 7.68. The zero-order valence-corrected chi connectivity index (χ0v) is 14.5. The van der Waals surface area contributed by atoms with Crippen molar-refractivity contribution in [3.63, 3.8) is 0 Å². The minimum absolute atomic E-state index is 0.00145. The summed E-state index contributed by atoms with van der Waals surface area (Å²) in [6, 6.07) is 1.40. The number of aromatic nitrogens is 2. The number of esters is 1. The molecule has 2 aliphatic heterocycles. The summed E-state index contributed by atoms with van der Waals surface area (Å²) in [5.41, 5.74) is 1.15. The van der Waals surface area contributed by atoms with E-state index in [4.69, 9.17) is 28.9 Å². The summed E-state index contributed by atoms with van der Waals surface area (Å²) < 4.78 is 28.6. The van der Waals surface area contributed by atoms with E-state index in [0.29, 0.717) is 0 Å². The van der Waals surface area contributed by atoms with Gasteiger partial charge in [-0.25, -0.2) is 4.79 Å². The molecule has 0 amide bonds. The highest BCUT2D eigenvalue weighted by Crippen LogP contribution is 2.39. The molecule has 11 heteroatoms. The first kappa shape index (κ1) is 18.7. The van der Waals surface area contributed by atoms with Crippen molar-refractivity contribution in [2.75, 3.05) is 19.2 Å². The number of nitrogens with one attached hydrogen (secondary N) is 1. The third-order valence-electron chi connectivity index (χ3n) is 4.09. The van der Waals surface area contributed by atoms with Gasteiger partial charge in [0.05, 0.1) is 5.92 Å². The summed E-state index contributed by atoms with van der Waals surface area (Å²) in [5.74, 6) is -0.643. The summed E-state index contributed by atoms with van der Waals surface area (Å²) in [5, 5.41) is 8.84. The number of nitrogens with zero attached hydrogens (tertiary/aromatic N) is 2. The van der Waals surface area contributed by atoms with Gasteiger partial charge in [0.2, 0.25) is 0 Å². The van der Waals surface area contributed by atoms with Crippen molar-refractivity contribution in [1.82, 2.24) is 9.55 Å². The predicted octanol–water partition coefficient (Wildman–Crippen LogP) is -0.145. The SMILES string of the molecule is COC1O[C@@H]2[C@H](O1)[C@@H](COC(=O)C(C)C)O[C@H]2n1ccc(NO)nc1=O. The van der Waals surface area contributed by atoms with E-state index in [-0.39, 0.29) is 24.3 Å². The Balaban J connectivity index is 1.80. The lowest BCUT2D eigenvalue weighted by atomic mass is 10.1. The molecule has 0 aromatic carbocycles. The van der Waals surface area contributed by atoms with Crippen molar-refractivity contribution >= 4 is 11.8 Å². The Hall–Kier alpha value is -2.05. The van der Waals surface area contributed by atoms with Gasteiger partial charge < -0.3 is 23.7 Å². The van der Waals surface area contributed by atoms with Crippen LogP contribution in [0, 0.1) is 5.92 Å². The van der Waals surface area contributed by atoms with Gasteiger partial charge in [-0.3, -0.25) is 20.0 Å². The molecular formula is C15H21N3O8. The summed E-state index contributed by atoms with van der Waals surface area (Å²) in [6.07, 6.45) is -1.34. The van der Waals surface area contributed by atoms with Gasteiger partial charge in [0.1, 0.15) is 24.9 Å². The maximum atomic E-state index is 12.2. The minimum Gasteiger partial charge on any atom is -0.463 e. The number of carbonyl (C=O) groups is 1. The van der Waals surface area contributed by atoms with Crippen LogP contribution in [0.3, 0.4) is 0 Å². The molecule has 0 radical (unpaired) electrons. The van der Waals surface area contributed by atoms with Crippen LogP contribution in [0.15, 0.2) is 17.1 Å². The molecule has 144 valence electrons. The van der Waals surface area contributed by atoms with Gasteiger partial charge in [-0.05, 0) is 6.07 Å². The van der Waals surface area contributed by atoms with Gasteiger partial charge in [0.15, 0.2) is 12.0 Å². The minimum atomic E-state index is -0.915. The number of hydrogen-bond acceptors (Lipinski definition) is 10. The van der Waals surface area contributed by atoms with Crippen LogP contribution >= 0.6 is 0 Å². The number of anilines is 1. The first-order chi connectivity index (χ1) is 12.4. The Morgan fingerprint density at radius 1 is 1.38 bits per heavy atom. The number of ether oxygens (including phenoxy) is 5. The van der Waals surface area contributed by atoms with Crippen LogP contribution in [-0.4, -0.2) is 59.2 Å². The van der Waals surface area contributed by atoms with E-state index in [1.807, 2.05) is 0 Å². The fourth-order valence-electron chi connectivity index (χ4n) is 2.77. The van der Waals surface area contributed by atoms with E-state index in [1.165, 1.54) is 23.9 Å². The predicted molar refractivity (Wildman–Crippen MR) is 84.2 cm³/mol. The van der Waals surface area contributed by atoms with Gasteiger partial charge >= 0.3 is 11.7 Å². The molecule has 0 saturated carbocycles. The van der Waals surface area contributed by atoms with Crippen molar-refractivity contribution in [2.24, 2.45) is 5.92 Å². The number of rotatable bonds is 6. The lowest BCUT2D eigenvalue weighted by molar-refractivity contribution is -0.257. The Labute approximate surface area is 148 Å². The quantitative estimate of drug-likeness (QED) is 0.514. The number of fused-ring (bicyclic) bond motifs is 1. The summed E-state index contributed by atoms with van der Waals surface area (Å²) in [7, 11) is 1.42. The van der Waals surface area contributed by atoms with E-state index in [0.717, 1.165) is 0 Å². The van der Waals surface area contributed by atoms with Crippen LogP contribution in [0.4, 0.5) is 5.82 Å². The summed E-state index contributed by atoms with van der Waals surface area (Å²) >= 11 is 0. The molecule has 0 aliphatic carbocycles. The molecule has 1 unspecified atom stereocenters. The molecule has 2 saturated heterocycles. The van der Waals surface area contributed by atoms with Crippen LogP contribution in [0.2, 0.25) is 0 Å².